The van der Waals surface area contributed by atoms with Crippen molar-refractivity contribution < 1.29 is 27.9 Å². The molecule has 0 unspecified atom stereocenters. The summed E-state index contributed by atoms with van der Waals surface area (Å²) < 4.78 is 29.3. The number of nitrogens with one attached hydrogen (secondary N) is 1. The lowest BCUT2D eigenvalue weighted by molar-refractivity contribution is -0.113. The highest BCUT2D eigenvalue weighted by molar-refractivity contribution is 7.91. The van der Waals surface area contributed by atoms with Crippen LogP contribution in [0.3, 0.4) is 0 Å². The predicted molar refractivity (Wildman–Crippen MR) is 92.5 cm³/mol. The molecule has 1 amide bonds. The maximum Gasteiger partial charge on any atom is 0.335 e. The fourth-order valence-electron chi connectivity index (χ4n) is 2.17. The van der Waals surface area contributed by atoms with Gasteiger partial charge in [-0.25, -0.2) is 13.2 Å². The monoisotopic (exact) mass is 363 g/mol. The molecule has 25 heavy (non-hydrogen) atoms. The summed E-state index contributed by atoms with van der Waals surface area (Å²) in [5, 5.41) is 11.4. The van der Waals surface area contributed by atoms with E-state index in [0.29, 0.717) is 17.0 Å². The minimum Gasteiger partial charge on any atom is -0.497 e. The smallest absolute Gasteiger partial charge is 0.335 e. The number of aromatic carboxylic acids is 1. The van der Waals surface area contributed by atoms with Crippen LogP contribution in [-0.2, 0) is 20.4 Å². The predicted octanol–water partition coefficient (Wildman–Crippen LogP) is 1.95. The molecular weight excluding hydrogens is 346 g/mol. The Hall–Kier alpha value is -2.87. The number of carbonyl (C=O) groups excluding carboxylic acids is 1. The molecule has 0 atom stereocenters. The number of hydrogen-bond donors (Lipinski definition) is 2. The Morgan fingerprint density at radius 1 is 1.12 bits per heavy atom. The zero-order valence-electron chi connectivity index (χ0n) is 13.4. The van der Waals surface area contributed by atoms with Gasteiger partial charge >= 0.3 is 5.97 Å². The molecule has 7 nitrogen and oxygen atoms in total. The van der Waals surface area contributed by atoms with Crippen molar-refractivity contribution in [3.8, 4) is 5.75 Å². The summed E-state index contributed by atoms with van der Waals surface area (Å²) in [7, 11) is -2.23. The second kappa shape index (κ2) is 7.80. The van der Waals surface area contributed by atoms with Gasteiger partial charge in [0.25, 0.3) is 0 Å². The van der Waals surface area contributed by atoms with Gasteiger partial charge in [0.2, 0.25) is 5.91 Å². The number of ether oxygens (including phenoxy) is 1. The SMILES string of the molecule is COc1ccc(NC(=O)CS(=O)(=O)Cc2cccc(C(=O)O)c2)cc1. The third kappa shape index (κ3) is 5.61. The summed E-state index contributed by atoms with van der Waals surface area (Å²) in [5.41, 5.74) is 0.765. The maximum absolute atomic E-state index is 12.2. The number of carbonyl (C=O) groups is 2. The lowest BCUT2D eigenvalue weighted by atomic mass is 10.1. The van der Waals surface area contributed by atoms with Crippen LogP contribution in [0.15, 0.2) is 48.5 Å². The first-order valence-electron chi connectivity index (χ1n) is 7.25. The summed E-state index contributed by atoms with van der Waals surface area (Å²) in [6, 6.07) is 12.1. The third-order valence-electron chi connectivity index (χ3n) is 3.29. The zero-order chi connectivity index (χ0) is 18.4. The second-order valence-electron chi connectivity index (χ2n) is 5.31. The highest BCUT2D eigenvalue weighted by Crippen LogP contribution is 2.15. The van der Waals surface area contributed by atoms with E-state index in [-0.39, 0.29) is 5.56 Å². The Morgan fingerprint density at radius 3 is 2.40 bits per heavy atom. The largest absolute Gasteiger partial charge is 0.497 e. The number of anilines is 1. The highest BCUT2D eigenvalue weighted by atomic mass is 32.2. The van der Waals surface area contributed by atoms with E-state index in [1.54, 1.807) is 24.3 Å². The average molecular weight is 363 g/mol. The number of amides is 1. The number of carboxylic acid groups (broad SMARTS) is 1. The molecule has 0 aromatic heterocycles. The van der Waals surface area contributed by atoms with Gasteiger partial charge in [0.05, 0.1) is 18.4 Å². The highest BCUT2D eigenvalue weighted by Gasteiger charge is 2.18. The van der Waals surface area contributed by atoms with Crippen LogP contribution >= 0.6 is 0 Å². The van der Waals surface area contributed by atoms with Crippen LogP contribution in [0, 0.1) is 0 Å². The van der Waals surface area contributed by atoms with Crippen LogP contribution in [0.4, 0.5) is 5.69 Å². The number of methoxy groups -OCH3 is 1. The van der Waals surface area contributed by atoms with Gasteiger partial charge in [-0.3, -0.25) is 4.79 Å². The van der Waals surface area contributed by atoms with Gasteiger partial charge in [-0.1, -0.05) is 12.1 Å². The molecule has 0 fully saturated rings. The summed E-state index contributed by atoms with van der Waals surface area (Å²) >= 11 is 0. The van der Waals surface area contributed by atoms with Crippen molar-refractivity contribution in [2.75, 3.05) is 18.2 Å². The average Bonchev–Trinajstić information content (AvgIpc) is 2.54. The molecule has 8 heteroatoms. The number of carboxylic acids is 1. The van der Waals surface area contributed by atoms with Crippen molar-refractivity contribution in [1.29, 1.82) is 0 Å². The number of benzene rings is 2. The minimum atomic E-state index is -3.74. The Labute approximate surface area is 145 Å². The number of sulfone groups is 1. The molecule has 0 aliphatic rings. The molecule has 0 radical (unpaired) electrons. The molecule has 0 spiro atoms. The molecule has 0 saturated heterocycles. The minimum absolute atomic E-state index is 0.00427. The van der Waals surface area contributed by atoms with Crippen LogP contribution < -0.4 is 10.1 Å². The van der Waals surface area contributed by atoms with E-state index in [1.165, 1.54) is 31.4 Å². The fraction of sp³-hybridized carbons (Fsp3) is 0.176. The molecule has 2 aromatic rings. The molecular formula is C17H17NO6S. The summed E-state index contributed by atoms with van der Waals surface area (Å²) in [5.74, 6) is -2.31. The molecule has 132 valence electrons. The molecule has 0 saturated carbocycles. The van der Waals surface area contributed by atoms with Gasteiger partial charge in [-0.05, 0) is 42.0 Å². The van der Waals surface area contributed by atoms with E-state index in [9.17, 15) is 18.0 Å². The van der Waals surface area contributed by atoms with Crippen molar-refractivity contribution in [2.24, 2.45) is 0 Å². The first-order valence-corrected chi connectivity index (χ1v) is 9.08. The van der Waals surface area contributed by atoms with E-state index in [4.69, 9.17) is 9.84 Å². The molecule has 0 heterocycles. The zero-order valence-corrected chi connectivity index (χ0v) is 14.2. The molecule has 0 bridgehead atoms. The van der Waals surface area contributed by atoms with Gasteiger partial charge in [-0.2, -0.15) is 0 Å². The Balaban J connectivity index is 2.01. The van der Waals surface area contributed by atoms with Crippen molar-refractivity contribution in [2.45, 2.75) is 5.75 Å². The number of rotatable bonds is 7. The lowest BCUT2D eigenvalue weighted by Crippen LogP contribution is -2.24. The molecule has 2 aromatic carbocycles. The molecule has 0 aliphatic heterocycles. The normalized spacial score (nSPS) is 10.9. The van der Waals surface area contributed by atoms with Crippen LogP contribution in [0.1, 0.15) is 15.9 Å². The van der Waals surface area contributed by atoms with Crippen molar-refractivity contribution in [3.05, 3.63) is 59.7 Å². The first kappa shape index (κ1) is 18.5. The number of hydrogen-bond acceptors (Lipinski definition) is 5. The van der Waals surface area contributed by atoms with Gasteiger partial charge in [-0.15, -0.1) is 0 Å². The fourth-order valence-corrected chi connectivity index (χ4v) is 3.43. The Bertz CT molecular complexity index is 874. The summed E-state index contributed by atoms with van der Waals surface area (Å²) in [6.07, 6.45) is 0. The van der Waals surface area contributed by atoms with Gasteiger partial charge in [0.1, 0.15) is 11.5 Å². The van der Waals surface area contributed by atoms with E-state index < -0.39 is 33.2 Å². The second-order valence-corrected chi connectivity index (χ2v) is 7.38. The standard InChI is InChI=1S/C17H17NO6S/c1-24-15-7-5-14(6-8-15)18-16(19)11-25(22,23)10-12-3-2-4-13(9-12)17(20)21/h2-9H,10-11H2,1H3,(H,18,19)(H,20,21). The van der Waals surface area contributed by atoms with Gasteiger partial charge < -0.3 is 15.2 Å². The maximum atomic E-state index is 12.2. The Morgan fingerprint density at radius 2 is 1.80 bits per heavy atom. The van der Waals surface area contributed by atoms with Crippen LogP contribution in [0.25, 0.3) is 0 Å². The van der Waals surface area contributed by atoms with Gasteiger partial charge in [0.15, 0.2) is 9.84 Å². The first-order chi connectivity index (χ1) is 11.8. The molecule has 2 rings (SSSR count). The summed E-state index contributed by atoms with van der Waals surface area (Å²) in [4.78, 5) is 22.9. The third-order valence-corrected chi connectivity index (χ3v) is 4.76. The summed E-state index contributed by atoms with van der Waals surface area (Å²) in [6.45, 7) is 0. The molecule has 0 aliphatic carbocycles. The van der Waals surface area contributed by atoms with Crippen LogP contribution in [0.5, 0.6) is 5.75 Å². The van der Waals surface area contributed by atoms with E-state index in [2.05, 4.69) is 5.32 Å². The van der Waals surface area contributed by atoms with Crippen molar-refractivity contribution in [3.63, 3.8) is 0 Å². The van der Waals surface area contributed by atoms with Crippen molar-refractivity contribution in [1.82, 2.24) is 0 Å². The topological polar surface area (TPSA) is 110 Å². The van der Waals surface area contributed by atoms with E-state index in [1.807, 2.05) is 0 Å². The van der Waals surface area contributed by atoms with Crippen LogP contribution in [-0.4, -0.2) is 38.3 Å². The Kier molecular flexibility index (Phi) is 5.76. The quantitative estimate of drug-likeness (QED) is 0.778. The molecule has 2 N–H and O–H groups in total. The van der Waals surface area contributed by atoms with Crippen molar-refractivity contribution >= 4 is 27.4 Å². The van der Waals surface area contributed by atoms with Crippen LogP contribution in [0.2, 0.25) is 0 Å². The lowest BCUT2D eigenvalue weighted by Gasteiger charge is -2.08. The van der Waals surface area contributed by atoms with Gasteiger partial charge in [0, 0.05) is 5.69 Å². The van der Waals surface area contributed by atoms with E-state index in [0.717, 1.165) is 0 Å². The van der Waals surface area contributed by atoms with E-state index >= 15 is 0 Å².